The number of rotatable bonds is 4. The van der Waals surface area contributed by atoms with E-state index in [1.165, 1.54) is 19.3 Å². The van der Waals surface area contributed by atoms with Crippen molar-refractivity contribution in [1.82, 2.24) is 10.2 Å². The molecule has 15 heavy (non-hydrogen) atoms. The van der Waals surface area contributed by atoms with Crippen LogP contribution in [-0.4, -0.2) is 36.5 Å². The van der Waals surface area contributed by atoms with Crippen LogP contribution < -0.4 is 5.32 Å². The molecule has 2 unspecified atom stereocenters. The first-order chi connectivity index (χ1) is 7.33. The van der Waals surface area contributed by atoms with Crippen LogP contribution in [0.1, 0.15) is 39.0 Å². The first-order valence-electron chi connectivity index (χ1n) is 6.33. The summed E-state index contributed by atoms with van der Waals surface area (Å²) in [7, 11) is 0. The van der Waals surface area contributed by atoms with Crippen LogP contribution in [0.15, 0.2) is 0 Å². The van der Waals surface area contributed by atoms with Crippen LogP contribution in [0, 0.1) is 5.92 Å². The smallest absolute Gasteiger partial charge is 0.222 e. The summed E-state index contributed by atoms with van der Waals surface area (Å²) >= 11 is 0. The first-order valence-corrected chi connectivity index (χ1v) is 6.33. The van der Waals surface area contributed by atoms with Gasteiger partial charge in [-0.2, -0.15) is 0 Å². The van der Waals surface area contributed by atoms with Crippen LogP contribution in [0.2, 0.25) is 0 Å². The third-order valence-corrected chi connectivity index (χ3v) is 3.76. The highest BCUT2D eigenvalue weighted by Gasteiger charge is 2.39. The Hall–Kier alpha value is -0.570. The van der Waals surface area contributed by atoms with E-state index in [-0.39, 0.29) is 0 Å². The zero-order valence-electron chi connectivity index (χ0n) is 9.67. The molecule has 0 radical (unpaired) electrons. The van der Waals surface area contributed by atoms with Crippen molar-refractivity contribution in [2.24, 2.45) is 5.92 Å². The van der Waals surface area contributed by atoms with Crippen LogP contribution >= 0.6 is 0 Å². The molecule has 0 aromatic carbocycles. The van der Waals surface area contributed by atoms with Crippen molar-refractivity contribution < 1.29 is 4.79 Å². The number of nitrogens with one attached hydrogen (secondary N) is 1. The third kappa shape index (κ3) is 2.33. The van der Waals surface area contributed by atoms with Gasteiger partial charge in [0.25, 0.3) is 0 Å². The van der Waals surface area contributed by atoms with Gasteiger partial charge in [0, 0.05) is 32.1 Å². The normalized spacial score (nSPS) is 29.5. The summed E-state index contributed by atoms with van der Waals surface area (Å²) in [4.78, 5) is 14.1. The van der Waals surface area contributed by atoms with Crippen LogP contribution in [0.25, 0.3) is 0 Å². The average molecular weight is 210 g/mol. The van der Waals surface area contributed by atoms with Gasteiger partial charge in [-0.05, 0) is 18.8 Å². The standard InChI is InChI=1S/C12H22N2O/c1-2-3-4-5-12(15)14-7-6-10-8-13-9-11(10)14/h10-11,13H,2-9H2,1H3. The molecule has 2 fully saturated rings. The molecule has 0 aliphatic carbocycles. The molecule has 0 saturated carbocycles. The molecule has 1 N–H and O–H groups in total. The van der Waals surface area contributed by atoms with E-state index in [0.29, 0.717) is 11.9 Å². The lowest BCUT2D eigenvalue weighted by Crippen LogP contribution is -2.38. The topological polar surface area (TPSA) is 32.3 Å². The van der Waals surface area contributed by atoms with Gasteiger partial charge in [-0.15, -0.1) is 0 Å². The minimum absolute atomic E-state index is 0.389. The lowest BCUT2D eigenvalue weighted by Gasteiger charge is -2.23. The Morgan fingerprint density at radius 3 is 3.07 bits per heavy atom. The average Bonchev–Trinajstić information content (AvgIpc) is 2.78. The Balaban J connectivity index is 1.80. The summed E-state index contributed by atoms with van der Waals surface area (Å²) in [5, 5.41) is 3.38. The Morgan fingerprint density at radius 1 is 1.40 bits per heavy atom. The Labute approximate surface area is 92.2 Å². The van der Waals surface area contributed by atoms with Crippen LogP contribution in [-0.2, 0) is 4.79 Å². The van der Waals surface area contributed by atoms with E-state index < -0.39 is 0 Å². The lowest BCUT2D eigenvalue weighted by atomic mass is 10.0. The van der Waals surface area contributed by atoms with Crippen LogP contribution in [0.4, 0.5) is 0 Å². The molecule has 0 spiro atoms. The maximum atomic E-state index is 12.0. The second kappa shape index (κ2) is 4.97. The number of amides is 1. The third-order valence-electron chi connectivity index (χ3n) is 3.76. The highest BCUT2D eigenvalue weighted by Crippen LogP contribution is 2.27. The maximum Gasteiger partial charge on any atom is 0.222 e. The zero-order valence-corrected chi connectivity index (χ0v) is 9.67. The van der Waals surface area contributed by atoms with Gasteiger partial charge < -0.3 is 10.2 Å². The highest BCUT2D eigenvalue weighted by molar-refractivity contribution is 5.77. The summed E-state index contributed by atoms with van der Waals surface area (Å²) in [6.07, 6.45) is 5.41. The summed E-state index contributed by atoms with van der Waals surface area (Å²) < 4.78 is 0. The number of fused-ring (bicyclic) bond motifs is 1. The van der Waals surface area contributed by atoms with E-state index in [0.717, 1.165) is 38.4 Å². The minimum Gasteiger partial charge on any atom is -0.338 e. The van der Waals surface area contributed by atoms with Crippen molar-refractivity contribution in [3.63, 3.8) is 0 Å². The van der Waals surface area contributed by atoms with Crippen molar-refractivity contribution in [2.45, 2.75) is 45.1 Å². The second-order valence-electron chi connectivity index (χ2n) is 4.82. The largest absolute Gasteiger partial charge is 0.338 e. The molecule has 2 saturated heterocycles. The van der Waals surface area contributed by atoms with E-state index in [1.54, 1.807) is 0 Å². The van der Waals surface area contributed by atoms with Crippen LogP contribution in [0.3, 0.4) is 0 Å². The van der Waals surface area contributed by atoms with Gasteiger partial charge in [0.05, 0.1) is 0 Å². The molecular weight excluding hydrogens is 188 g/mol. The lowest BCUT2D eigenvalue weighted by molar-refractivity contribution is -0.132. The minimum atomic E-state index is 0.389. The fraction of sp³-hybridized carbons (Fsp3) is 0.917. The number of nitrogens with zero attached hydrogens (tertiary/aromatic N) is 1. The van der Waals surface area contributed by atoms with Gasteiger partial charge in [0.15, 0.2) is 0 Å². The molecule has 3 nitrogen and oxygen atoms in total. The van der Waals surface area contributed by atoms with Gasteiger partial charge in [-0.1, -0.05) is 19.8 Å². The molecule has 2 heterocycles. The highest BCUT2D eigenvalue weighted by atomic mass is 16.2. The number of likely N-dealkylation sites (tertiary alicyclic amines) is 1. The predicted molar refractivity (Wildman–Crippen MR) is 60.6 cm³/mol. The molecule has 0 aromatic rings. The van der Waals surface area contributed by atoms with E-state index >= 15 is 0 Å². The Morgan fingerprint density at radius 2 is 2.27 bits per heavy atom. The van der Waals surface area contributed by atoms with E-state index in [4.69, 9.17) is 0 Å². The van der Waals surface area contributed by atoms with E-state index in [2.05, 4.69) is 17.1 Å². The molecule has 3 heteroatoms. The fourth-order valence-corrected chi connectivity index (χ4v) is 2.83. The van der Waals surface area contributed by atoms with Crippen molar-refractivity contribution in [3.8, 4) is 0 Å². The molecule has 2 aliphatic heterocycles. The quantitative estimate of drug-likeness (QED) is 0.711. The SMILES string of the molecule is CCCCCC(=O)N1CCC2CNCC21. The van der Waals surface area contributed by atoms with Gasteiger partial charge in [0.1, 0.15) is 0 Å². The number of carbonyl (C=O) groups excluding carboxylic acids is 1. The molecule has 0 aromatic heterocycles. The van der Waals surface area contributed by atoms with Gasteiger partial charge in [0.2, 0.25) is 5.91 Å². The molecule has 0 bridgehead atoms. The molecule has 2 aliphatic rings. The summed E-state index contributed by atoms with van der Waals surface area (Å²) in [5.41, 5.74) is 0. The van der Waals surface area contributed by atoms with E-state index in [1.807, 2.05) is 0 Å². The summed E-state index contributed by atoms with van der Waals surface area (Å²) in [6.45, 7) is 5.31. The number of unbranched alkanes of at least 4 members (excludes halogenated alkanes) is 2. The van der Waals surface area contributed by atoms with Gasteiger partial charge in [-0.3, -0.25) is 4.79 Å². The van der Waals surface area contributed by atoms with Crippen LogP contribution in [0.5, 0.6) is 0 Å². The Kier molecular flexibility index (Phi) is 3.62. The second-order valence-corrected chi connectivity index (χ2v) is 4.82. The van der Waals surface area contributed by atoms with Crippen molar-refractivity contribution in [3.05, 3.63) is 0 Å². The number of hydrogen-bond donors (Lipinski definition) is 1. The molecule has 2 rings (SSSR count). The predicted octanol–water partition coefficient (Wildman–Crippen LogP) is 1.39. The number of carbonyl (C=O) groups is 1. The zero-order chi connectivity index (χ0) is 10.7. The molecule has 86 valence electrons. The van der Waals surface area contributed by atoms with Gasteiger partial charge >= 0.3 is 0 Å². The van der Waals surface area contributed by atoms with Crippen molar-refractivity contribution in [1.29, 1.82) is 0 Å². The molecule has 1 amide bonds. The van der Waals surface area contributed by atoms with Crippen molar-refractivity contribution in [2.75, 3.05) is 19.6 Å². The summed E-state index contributed by atoms with van der Waals surface area (Å²) in [6, 6.07) is 0.513. The molecular formula is C12H22N2O. The monoisotopic (exact) mass is 210 g/mol. The van der Waals surface area contributed by atoms with E-state index in [9.17, 15) is 4.79 Å². The first kappa shape index (κ1) is 10.9. The Bertz CT molecular complexity index is 230. The fourth-order valence-electron chi connectivity index (χ4n) is 2.83. The van der Waals surface area contributed by atoms with Crippen molar-refractivity contribution >= 4 is 5.91 Å². The summed E-state index contributed by atoms with van der Waals surface area (Å²) in [5.74, 6) is 1.12. The maximum absolute atomic E-state index is 12.0. The molecule has 2 atom stereocenters. The van der Waals surface area contributed by atoms with Gasteiger partial charge in [-0.25, -0.2) is 0 Å². The number of hydrogen-bond acceptors (Lipinski definition) is 2.